The highest BCUT2D eigenvalue weighted by Gasteiger charge is 2.17. The number of hydrogen-bond donors (Lipinski definition) is 2. The number of ketones is 1. The van der Waals surface area contributed by atoms with Gasteiger partial charge in [0, 0.05) is 11.8 Å². The Morgan fingerprint density at radius 1 is 1.28 bits per heavy atom. The molecular formula is C12H12BrClO4. The molecule has 0 aliphatic heterocycles. The van der Waals surface area contributed by atoms with Crippen molar-refractivity contribution in [2.75, 3.05) is 5.88 Å². The Bertz CT molecular complexity index is 461. The highest BCUT2D eigenvalue weighted by molar-refractivity contribution is 9.08. The number of alkyl halides is 2. The van der Waals surface area contributed by atoms with Crippen LogP contribution >= 0.6 is 27.5 Å². The van der Waals surface area contributed by atoms with Crippen LogP contribution in [0.1, 0.15) is 22.8 Å². The Hall–Kier alpha value is -0.910. The molecule has 0 fully saturated rings. The minimum absolute atomic E-state index is 0.0879. The Morgan fingerprint density at radius 2 is 1.89 bits per heavy atom. The zero-order chi connectivity index (χ0) is 13.7. The highest BCUT2D eigenvalue weighted by Crippen LogP contribution is 2.20. The third kappa shape index (κ3) is 4.08. The van der Waals surface area contributed by atoms with E-state index >= 15 is 0 Å². The molecule has 0 spiro atoms. The molecular weight excluding hydrogens is 323 g/mol. The van der Waals surface area contributed by atoms with E-state index in [4.69, 9.17) is 16.7 Å². The van der Waals surface area contributed by atoms with E-state index in [2.05, 4.69) is 15.9 Å². The van der Waals surface area contributed by atoms with Crippen LogP contribution in [0.5, 0.6) is 0 Å². The quantitative estimate of drug-likeness (QED) is 0.780. The number of hydrogen-bond acceptors (Lipinski definition) is 3. The molecule has 0 heterocycles. The van der Waals surface area contributed by atoms with E-state index in [0.29, 0.717) is 10.9 Å². The minimum atomic E-state index is -1.59. The number of aliphatic hydroxyl groups is 1. The lowest BCUT2D eigenvalue weighted by Gasteiger charge is -2.10. The summed E-state index contributed by atoms with van der Waals surface area (Å²) >= 11 is 8.68. The van der Waals surface area contributed by atoms with E-state index in [1.54, 1.807) is 12.1 Å². The van der Waals surface area contributed by atoms with E-state index in [1.807, 2.05) is 0 Å². The van der Waals surface area contributed by atoms with Crippen LogP contribution in [0.2, 0.25) is 0 Å². The predicted octanol–water partition coefficient (Wildman–Crippen LogP) is 2.05. The molecule has 0 saturated carbocycles. The van der Waals surface area contributed by atoms with Crippen LogP contribution < -0.4 is 0 Å². The van der Waals surface area contributed by atoms with Gasteiger partial charge in [-0.1, -0.05) is 34.1 Å². The van der Waals surface area contributed by atoms with Crippen LogP contribution in [-0.2, 0) is 21.3 Å². The average Bonchev–Trinajstić information content (AvgIpc) is 2.36. The van der Waals surface area contributed by atoms with Gasteiger partial charge in [-0.3, -0.25) is 4.79 Å². The van der Waals surface area contributed by atoms with Gasteiger partial charge in [-0.25, -0.2) is 4.79 Å². The zero-order valence-electron chi connectivity index (χ0n) is 9.40. The SMILES string of the molecule is O=C(CCl)Cc1cc(CBr)cc(C(O)C(=O)O)c1. The van der Waals surface area contributed by atoms with Gasteiger partial charge in [-0.15, -0.1) is 11.6 Å². The summed E-state index contributed by atoms with van der Waals surface area (Å²) in [6.45, 7) is 0. The van der Waals surface area contributed by atoms with Crippen molar-refractivity contribution in [1.82, 2.24) is 0 Å². The van der Waals surface area contributed by atoms with Crippen LogP contribution in [0.3, 0.4) is 0 Å². The molecule has 0 aliphatic carbocycles. The number of halogens is 2. The molecule has 0 aliphatic rings. The zero-order valence-corrected chi connectivity index (χ0v) is 11.7. The molecule has 98 valence electrons. The standard InChI is InChI=1S/C12H12BrClO4/c13-5-8-1-7(4-10(15)6-14)2-9(3-8)11(16)12(17)18/h1-3,11,16H,4-6H2,(H,17,18). The van der Waals surface area contributed by atoms with Crippen molar-refractivity contribution in [2.24, 2.45) is 0 Å². The van der Waals surface area contributed by atoms with Crippen molar-refractivity contribution in [2.45, 2.75) is 17.9 Å². The lowest BCUT2D eigenvalue weighted by Crippen LogP contribution is -2.12. The summed E-state index contributed by atoms with van der Waals surface area (Å²) in [6, 6.07) is 4.87. The maximum absolute atomic E-state index is 11.3. The fourth-order valence-electron chi connectivity index (χ4n) is 1.55. The van der Waals surface area contributed by atoms with Crippen LogP contribution in [0.15, 0.2) is 18.2 Å². The number of carbonyl (C=O) groups is 2. The van der Waals surface area contributed by atoms with Crippen LogP contribution in [0.4, 0.5) is 0 Å². The molecule has 4 nitrogen and oxygen atoms in total. The summed E-state index contributed by atoms with van der Waals surface area (Å²) in [5, 5.41) is 18.8. The maximum Gasteiger partial charge on any atom is 0.337 e. The molecule has 1 aromatic rings. The second-order valence-electron chi connectivity index (χ2n) is 3.81. The van der Waals surface area contributed by atoms with Gasteiger partial charge in [0.1, 0.15) is 0 Å². The van der Waals surface area contributed by atoms with Crippen molar-refractivity contribution in [3.05, 3.63) is 34.9 Å². The topological polar surface area (TPSA) is 74.6 Å². The molecule has 0 saturated heterocycles. The smallest absolute Gasteiger partial charge is 0.337 e. The fraction of sp³-hybridized carbons (Fsp3) is 0.333. The Balaban J connectivity index is 3.08. The maximum atomic E-state index is 11.3. The van der Waals surface area contributed by atoms with Gasteiger partial charge >= 0.3 is 5.97 Å². The lowest BCUT2D eigenvalue weighted by molar-refractivity contribution is -0.146. The molecule has 1 aromatic carbocycles. The van der Waals surface area contributed by atoms with Gasteiger partial charge in [0.25, 0.3) is 0 Å². The van der Waals surface area contributed by atoms with Gasteiger partial charge in [0.05, 0.1) is 5.88 Å². The molecule has 1 atom stereocenters. The summed E-state index contributed by atoms with van der Waals surface area (Å²) in [4.78, 5) is 22.0. The molecule has 1 unspecified atom stereocenters. The van der Waals surface area contributed by atoms with Crippen molar-refractivity contribution < 1.29 is 19.8 Å². The van der Waals surface area contributed by atoms with Crippen LogP contribution in [0, 0.1) is 0 Å². The molecule has 0 aromatic heterocycles. The molecule has 2 N–H and O–H groups in total. The number of carbonyl (C=O) groups excluding carboxylic acids is 1. The summed E-state index contributed by atoms with van der Waals surface area (Å²) in [5.74, 6) is -1.56. The Labute approximate surface area is 118 Å². The third-order valence-corrected chi connectivity index (χ3v) is 3.27. The average molecular weight is 336 g/mol. The van der Waals surface area contributed by atoms with Gasteiger partial charge in [0.2, 0.25) is 0 Å². The highest BCUT2D eigenvalue weighted by atomic mass is 79.9. The number of aliphatic hydroxyl groups excluding tert-OH is 1. The van der Waals surface area contributed by atoms with Crippen molar-refractivity contribution in [3.63, 3.8) is 0 Å². The Kier molecular flexibility index (Phi) is 5.78. The van der Waals surface area contributed by atoms with E-state index < -0.39 is 12.1 Å². The summed E-state index contributed by atoms with van der Waals surface area (Å²) in [6.07, 6.45) is -1.46. The lowest BCUT2D eigenvalue weighted by atomic mass is 10.00. The molecule has 6 heteroatoms. The van der Waals surface area contributed by atoms with E-state index in [0.717, 1.165) is 5.56 Å². The molecule has 0 radical (unpaired) electrons. The number of benzene rings is 1. The fourth-order valence-corrected chi connectivity index (χ4v) is 1.96. The van der Waals surface area contributed by atoms with E-state index in [1.165, 1.54) is 6.07 Å². The van der Waals surface area contributed by atoms with Crippen molar-refractivity contribution >= 4 is 39.3 Å². The molecule has 0 amide bonds. The summed E-state index contributed by atoms with van der Waals surface area (Å²) < 4.78 is 0. The Morgan fingerprint density at radius 3 is 2.39 bits per heavy atom. The van der Waals surface area contributed by atoms with Crippen molar-refractivity contribution in [3.8, 4) is 0 Å². The van der Waals surface area contributed by atoms with Gasteiger partial charge in [-0.2, -0.15) is 0 Å². The minimum Gasteiger partial charge on any atom is -0.479 e. The first-order valence-corrected chi connectivity index (χ1v) is 6.80. The summed E-state index contributed by atoms with van der Waals surface area (Å²) in [5.41, 5.74) is 1.70. The first-order valence-electron chi connectivity index (χ1n) is 5.15. The number of carboxylic acid groups (broad SMARTS) is 1. The molecule has 18 heavy (non-hydrogen) atoms. The van der Waals surface area contributed by atoms with E-state index in [-0.39, 0.29) is 23.6 Å². The van der Waals surface area contributed by atoms with E-state index in [9.17, 15) is 14.7 Å². The van der Waals surface area contributed by atoms with Crippen LogP contribution in [-0.4, -0.2) is 27.8 Å². The second-order valence-corrected chi connectivity index (χ2v) is 4.63. The monoisotopic (exact) mass is 334 g/mol. The molecule has 1 rings (SSSR count). The number of carboxylic acids is 1. The summed E-state index contributed by atoms with van der Waals surface area (Å²) in [7, 11) is 0. The third-order valence-electron chi connectivity index (χ3n) is 2.33. The van der Waals surface area contributed by atoms with Crippen molar-refractivity contribution in [1.29, 1.82) is 0 Å². The predicted molar refractivity (Wildman–Crippen MR) is 71.1 cm³/mol. The second kappa shape index (κ2) is 6.87. The van der Waals surface area contributed by atoms with Gasteiger partial charge < -0.3 is 10.2 Å². The molecule has 0 bridgehead atoms. The number of rotatable bonds is 6. The first-order chi connectivity index (χ1) is 8.47. The first kappa shape index (κ1) is 15.1. The van der Waals surface area contributed by atoms with Gasteiger partial charge in [0.15, 0.2) is 11.9 Å². The van der Waals surface area contributed by atoms with Crippen LogP contribution in [0.25, 0.3) is 0 Å². The van der Waals surface area contributed by atoms with Gasteiger partial charge in [-0.05, 0) is 16.7 Å². The normalized spacial score (nSPS) is 12.2. The number of Topliss-reactive ketones (excluding diaryl/α,β-unsaturated/α-hetero) is 1. The largest absolute Gasteiger partial charge is 0.479 e. The number of aliphatic carboxylic acids is 1.